The van der Waals surface area contributed by atoms with Crippen LogP contribution in [0.25, 0.3) is 0 Å². The zero-order valence-corrected chi connectivity index (χ0v) is 11.7. The average Bonchev–Trinajstić information content (AvgIpc) is 2.84. The Hall–Kier alpha value is -0.440. The molecule has 0 aromatic heterocycles. The molecule has 0 heterocycles. The van der Waals surface area contributed by atoms with Crippen LogP contribution in [0.5, 0.6) is 0 Å². The third kappa shape index (κ3) is 1.46. The van der Waals surface area contributed by atoms with E-state index in [1.54, 1.807) is 0 Å². The van der Waals surface area contributed by atoms with Gasteiger partial charge in [0.2, 0.25) is 0 Å². The molecule has 5 heteroatoms. The summed E-state index contributed by atoms with van der Waals surface area (Å²) in [6.45, 7) is 0. The van der Waals surface area contributed by atoms with Crippen LogP contribution in [0.4, 0.5) is 0 Å². The second kappa shape index (κ2) is 4.03. The molecular formula is C13H19O4P. The first-order valence-electron chi connectivity index (χ1n) is 6.48. The van der Waals surface area contributed by atoms with Crippen molar-refractivity contribution in [1.29, 1.82) is 0 Å². The Morgan fingerprint density at radius 2 is 2.11 bits per heavy atom. The molecule has 0 aromatic carbocycles. The molecule has 3 aliphatic rings. The second-order valence-electron chi connectivity index (χ2n) is 5.63. The van der Waals surface area contributed by atoms with Gasteiger partial charge in [0.1, 0.15) is 6.16 Å². The molecule has 4 unspecified atom stereocenters. The first-order chi connectivity index (χ1) is 8.55. The van der Waals surface area contributed by atoms with E-state index < -0.39 is 7.60 Å². The van der Waals surface area contributed by atoms with Gasteiger partial charge in [-0.2, -0.15) is 0 Å². The van der Waals surface area contributed by atoms with E-state index in [-0.39, 0.29) is 17.4 Å². The summed E-state index contributed by atoms with van der Waals surface area (Å²) in [6, 6.07) is 0. The number of fused-ring (bicyclic) bond motifs is 5. The number of carbonyl (C=O) groups is 1. The molecule has 0 spiro atoms. The molecule has 3 aliphatic carbocycles. The third-order valence-corrected chi connectivity index (χ3v) is 7.03. The highest BCUT2D eigenvalue weighted by atomic mass is 31.2. The van der Waals surface area contributed by atoms with Crippen molar-refractivity contribution >= 4 is 13.4 Å². The molecule has 4 atom stereocenters. The van der Waals surface area contributed by atoms with Crippen LogP contribution in [0, 0.1) is 23.2 Å². The third-order valence-electron chi connectivity index (χ3n) is 5.24. The summed E-state index contributed by atoms with van der Waals surface area (Å²) in [4.78, 5) is 12.6. The van der Waals surface area contributed by atoms with E-state index in [9.17, 15) is 9.36 Å². The molecule has 0 radical (unpaired) electrons. The van der Waals surface area contributed by atoms with Gasteiger partial charge in [-0.25, -0.2) is 0 Å². The van der Waals surface area contributed by atoms with Gasteiger partial charge >= 0.3 is 7.60 Å². The number of rotatable bonds is 5. The van der Waals surface area contributed by atoms with Gasteiger partial charge in [0.05, 0.1) is 0 Å². The quantitative estimate of drug-likeness (QED) is 0.569. The molecule has 0 saturated heterocycles. The highest BCUT2D eigenvalue weighted by Crippen LogP contribution is 2.68. The maximum absolute atomic E-state index is 12.6. The van der Waals surface area contributed by atoms with Crippen molar-refractivity contribution in [1.82, 2.24) is 0 Å². The van der Waals surface area contributed by atoms with Crippen molar-refractivity contribution in [2.75, 3.05) is 20.4 Å². The standard InChI is InChI=1S/C13H19O4P/c1-16-18(15,17-2)8-12(14)13-6-5-11(13)9-3-4-10(13)7-9/h3-4,9-11H,5-8H2,1-2H3. The first-order valence-corrected chi connectivity index (χ1v) is 8.21. The van der Waals surface area contributed by atoms with Gasteiger partial charge in [-0.1, -0.05) is 12.2 Å². The summed E-state index contributed by atoms with van der Waals surface area (Å²) in [5.74, 6) is 1.48. The van der Waals surface area contributed by atoms with Gasteiger partial charge in [0.15, 0.2) is 5.78 Å². The Bertz CT molecular complexity index is 450. The monoisotopic (exact) mass is 270 g/mol. The number of hydrogen-bond donors (Lipinski definition) is 0. The van der Waals surface area contributed by atoms with Crippen molar-refractivity contribution in [3.8, 4) is 0 Å². The maximum Gasteiger partial charge on any atom is 0.337 e. The fourth-order valence-electron chi connectivity index (χ4n) is 4.17. The van der Waals surface area contributed by atoms with Crippen LogP contribution in [0.3, 0.4) is 0 Å². The summed E-state index contributed by atoms with van der Waals surface area (Å²) in [6.07, 6.45) is 7.53. The molecule has 2 bridgehead atoms. The minimum atomic E-state index is -3.22. The van der Waals surface area contributed by atoms with Gasteiger partial charge in [0, 0.05) is 19.6 Å². The van der Waals surface area contributed by atoms with Crippen molar-refractivity contribution in [2.24, 2.45) is 23.2 Å². The molecule has 3 rings (SSSR count). The van der Waals surface area contributed by atoms with E-state index in [0.717, 1.165) is 19.3 Å². The summed E-state index contributed by atoms with van der Waals surface area (Å²) < 4.78 is 21.9. The van der Waals surface area contributed by atoms with Crippen molar-refractivity contribution in [2.45, 2.75) is 19.3 Å². The molecule has 2 saturated carbocycles. The van der Waals surface area contributed by atoms with Crippen LogP contribution < -0.4 is 0 Å². The minimum Gasteiger partial charge on any atom is -0.312 e. The molecule has 0 N–H and O–H groups in total. The topological polar surface area (TPSA) is 52.6 Å². The summed E-state index contributed by atoms with van der Waals surface area (Å²) in [7, 11) is -0.538. The Morgan fingerprint density at radius 1 is 1.39 bits per heavy atom. The fourth-order valence-corrected chi connectivity index (χ4v) is 5.22. The molecule has 0 aliphatic heterocycles. The van der Waals surface area contributed by atoms with Crippen molar-refractivity contribution in [3.63, 3.8) is 0 Å². The number of carbonyl (C=O) groups excluding carboxylic acids is 1. The normalized spacial score (nSPS) is 40.7. The number of allylic oxidation sites excluding steroid dienone is 2. The molecule has 0 amide bonds. The van der Waals surface area contributed by atoms with E-state index >= 15 is 0 Å². The van der Waals surface area contributed by atoms with Crippen LogP contribution >= 0.6 is 7.60 Å². The van der Waals surface area contributed by atoms with Gasteiger partial charge < -0.3 is 9.05 Å². The summed E-state index contributed by atoms with van der Waals surface area (Å²) in [5.41, 5.74) is -0.244. The number of ketones is 1. The highest BCUT2D eigenvalue weighted by molar-refractivity contribution is 7.54. The molecule has 18 heavy (non-hydrogen) atoms. The SMILES string of the molecule is COP(=O)(CC(=O)C12CCC1C1C=CC2C1)OC. The van der Waals surface area contributed by atoms with E-state index in [4.69, 9.17) is 9.05 Å². The molecule has 100 valence electrons. The second-order valence-corrected chi connectivity index (χ2v) is 7.90. The van der Waals surface area contributed by atoms with Crippen LogP contribution in [-0.2, 0) is 18.4 Å². The van der Waals surface area contributed by atoms with Crippen LogP contribution in [0.2, 0.25) is 0 Å². The molecular weight excluding hydrogens is 251 g/mol. The average molecular weight is 270 g/mol. The van der Waals surface area contributed by atoms with E-state index in [1.807, 2.05) is 0 Å². The zero-order valence-electron chi connectivity index (χ0n) is 10.8. The van der Waals surface area contributed by atoms with Crippen molar-refractivity contribution < 1.29 is 18.4 Å². The number of hydrogen-bond acceptors (Lipinski definition) is 4. The van der Waals surface area contributed by atoms with Gasteiger partial charge in [-0.3, -0.25) is 9.36 Å². The Balaban J connectivity index is 1.82. The van der Waals surface area contributed by atoms with E-state index in [2.05, 4.69) is 12.2 Å². The molecule has 2 fully saturated rings. The van der Waals surface area contributed by atoms with Crippen molar-refractivity contribution in [3.05, 3.63) is 12.2 Å². The largest absolute Gasteiger partial charge is 0.337 e. The Morgan fingerprint density at radius 3 is 2.61 bits per heavy atom. The van der Waals surface area contributed by atoms with Gasteiger partial charge in [-0.05, 0) is 37.0 Å². The number of Topliss-reactive ketones (excluding diaryl/α,β-unsaturated/α-hetero) is 1. The summed E-state index contributed by atoms with van der Waals surface area (Å²) >= 11 is 0. The predicted octanol–water partition coefficient (Wildman–Crippen LogP) is 2.64. The smallest absolute Gasteiger partial charge is 0.312 e. The van der Waals surface area contributed by atoms with E-state index in [1.165, 1.54) is 14.2 Å². The first kappa shape index (κ1) is 12.6. The van der Waals surface area contributed by atoms with Crippen LogP contribution in [0.15, 0.2) is 12.2 Å². The lowest BCUT2D eigenvalue weighted by Gasteiger charge is -2.49. The molecule has 0 aromatic rings. The lowest BCUT2D eigenvalue weighted by molar-refractivity contribution is -0.138. The zero-order chi connectivity index (χ0) is 13.0. The minimum absolute atomic E-state index is 0.0758. The summed E-state index contributed by atoms with van der Waals surface area (Å²) in [5, 5.41) is 0. The van der Waals surface area contributed by atoms with Gasteiger partial charge in [0.25, 0.3) is 0 Å². The highest BCUT2D eigenvalue weighted by Gasteiger charge is 2.65. The lowest BCUT2D eigenvalue weighted by atomic mass is 9.53. The van der Waals surface area contributed by atoms with Gasteiger partial charge in [-0.15, -0.1) is 0 Å². The Labute approximate surface area is 107 Å². The van der Waals surface area contributed by atoms with Crippen LogP contribution in [0.1, 0.15) is 19.3 Å². The van der Waals surface area contributed by atoms with Crippen LogP contribution in [-0.4, -0.2) is 26.2 Å². The molecule has 4 nitrogen and oxygen atoms in total. The maximum atomic E-state index is 12.6. The predicted molar refractivity (Wildman–Crippen MR) is 67.4 cm³/mol. The Kier molecular flexibility index (Phi) is 2.81. The fraction of sp³-hybridized carbons (Fsp3) is 0.769. The lowest BCUT2D eigenvalue weighted by Crippen LogP contribution is -2.50. The van der Waals surface area contributed by atoms with E-state index in [0.29, 0.717) is 17.8 Å².